The molecule has 2 aliphatic rings. The Labute approximate surface area is 119 Å². The third-order valence-electron chi connectivity index (χ3n) is 4.46. The molecule has 1 aromatic heterocycles. The Morgan fingerprint density at radius 2 is 1.95 bits per heavy atom. The molecule has 2 N–H and O–H groups in total. The number of fused-ring (bicyclic) bond motifs is 1. The Morgan fingerprint density at radius 1 is 1.20 bits per heavy atom. The molecule has 1 amide bonds. The highest BCUT2D eigenvalue weighted by Gasteiger charge is 2.22. The molecular formula is C16H22N2O2. The molecule has 0 aromatic carbocycles. The van der Waals surface area contributed by atoms with Gasteiger partial charge in [-0.05, 0) is 63.0 Å². The predicted molar refractivity (Wildman–Crippen MR) is 76.6 cm³/mol. The van der Waals surface area contributed by atoms with Crippen LogP contribution >= 0.6 is 0 Å². The highest BCUT2D eigenvalue weighted by molar-refractivity contribution is 5.94. The van der Waals surface area contributed by atoms with Crippen molar-refractivity contribution in [2.45, 2.75) is 63.5 Å². The highest BCUT2D eigenvalue weighted by atomic mass is 16.3. The van der Waals surface area contributed by atoms with E-state index in [1.165, 1.54) is 18.4 Å². The second kappa shape index (κ2) is 5.92. The van der Waals surface area contributed by atoms with Crippen molar-refractivity contribution in [2.24, 2.45) is 0 Å². The van der Waals surface area contributed by atoms with Gasteiger partial charge in [0, 0.05) is 17.9 Å². The van der Waals surface area contributed by atoms with E-state index in [4.69, 9.17) is 0 Å². The summed E-state index contributed by atoms with van der Waals surface area (Å²) in [6.45, 7) is 0. The molecule has 1 saturated carbocycles. The summed E-state index contributed by atoms with van der Waals surface area (Å²) in [5.74, 6) is -0.0211. The summed E-state index contributed by atoms with van der Waals surface area (Å²) in [6.07, 6.45) is 9.30. The van der Waals surface area contributed by atoms with Crippen molar-refractivity contribution in [1.29, 1.82) is 0 Å². The molecule has 4 heteroatoms. The van der Waals surface area contributed by atoms with Gasteiger partial charge in [-0.25, -0.2) is 0 Å². The molecule has 1 fully saturated rings. The zero-order valence-electron chi connectivity index (χ0n) is 11.8. The summed E-state index contributed by atoms with van der Waals surface area (Å²) in [7, 11) is 0. The third kappa shape index (κ3) is 3.01. The lowest BCUT2D eigenvalue weighted by atomic mass is 9.92. The molecule has 0 saturated heterocycles. The summed E-state index contributed by atoms with van der Waals surface area (Å²) in [5, 5.41) is 12.6. The third-order valence-corrected chi connectivity index (χ3v) is 4.46. The van der Waals surface area contributed by atoms with Crippen LogP contribution in [-0.2, 0) is 12.8 Å². The fraction of sp³-hybridized carbons (Fsp3) is 0.625. The van der Waals surface area contributed by atoms with Crippen LogP contribution in [0.25, 0.3) is 0 Å². The molecule has 1 aromatic rings. The zero-order valence-corrected chi connectivity index (χ0v) is 11.8. The van der Waals surface area contributed by atoms with Crippen molar-refractivity contribution < 1.29 is 9.90 Å². The van der Waals surface area contributed by atoms with Gasteiger partial charge >= 0.3 is 0 Å². The predicted octanol–water partition coefficient (Wildman–Crippen LogP) is 1.99. The number of aromatic nitrogens is 1. The lowest BCUT2D eigenvalue weighted by Crippen LogP contribution is -2.38. The minimum Gasteiger partial charge on any atom is -0.393 e. The summed E-state index contributed by atoms with van der Waals surface area (Å²) in [5.41, 5.74) is 3.08. The summed E-state index contributed by atoms with van der Waals surface area (Å²) in [6, 6.07) is 2.20. The van der Waals surface area contributed by atoms with Crippen molar-refractivity contribution in [3.8, 4) is 0 Å². The maximum absolute atomic E-state index is 12.3. The maximum atomic E-state index is 12.3. The van der Waals surface area contributed by atoms with Crippen molar-refractivity contribution in [1.82, 2.24) is 10.3 Å². The van der Waals surface area contributed by atoms with Gasteiger partial charge in [0.25, 0.3) is 5.91 Å². The molecule has 3 rings (SSSR count). The van der Waals surface area contributed by atoms with E-state index in [1.807, 2.05) is 6.07 Å². The average molecular weight is 274 g/mol. The van der Waals surface area contributed by atoms with Crippen LogP contribution in [0.2, 0.25) is 0 Å². The summed E-state index contributed by atoms with van der Waals surface area (Å²) in [4.78, 5) is 16.7. The lowest BCUT2D eigenvalue weighted by Gasteiger charge is -2.26. The van der Waals surface area contributed by atoms with Crippen LogP contribution < -0.4 is 5.32 Å². The van der Waals surface area contributed by atoms with Crippen molar-refractivity contribution in [2.75, 3.05) is 0 Å². The van der Waals surface area contributed by atoms with Crippen LogP contribution in [0, 0.1) is 0 Å². The van der Waals surface area contributed by atoms with Gasteiger partial charge in [0.15, 0.2) is 0 Å². The number of hydrogen-bond donors (Lipinski definition) is 2. The van der Waals surface area contributed by atoms with Gasteiger partial charge in [0.1, 0.15) is 0 Å². The Balaban J connectivity index is 1.65. The normalized spacial score (nSPS) is 25.9. The Bertz CT molecular complexity index is 493. The van der Waals surface area contributed by atoms with Crippen LogP contribution in [-0.4, -0.2) is 28.1 Å². The van der Waals surface area contributed by atoms with Gasteiger partial charge in [0.05, 0.1) is 11.7 Å². The zero-order chi connectivity index (χ0) is 13.9. The molecule has 1 heterocycles. The monoisotopic (exact) mass is 274 g/mol. The number of aryl methyl sites for hydroxylation is 2. The Kier molecular flexibility index (Phi) is 4.01. The van der Waals surface area contributed by atoms with Crippen molar-refractivity contribution >= 4 is 5.91 Å². The van der Waals surface area contributed by atoms with Crippen LogP contribution in [0.1, 0.15) is 60.1 Å². The van der Waals surface area contributed by atoms with Crippen LogP contribution in [0.15, 0.2) is 12.3 Å². The number of nitrogens with one attached hydrogen (secondary N) is 1. The van der Waals surface area contributed by atoms with Gasteiger partial charge in [-0.1, -0.05) is 0 Å². The van der Waals surface area contributed by atoms with E-state index < -0.39 is 0 Å². The summed E-state index contributed by atoms with van der Waals surface area (Å²) >= 11 is 0. The van der Waals surface area contributed by atoms with Crippen LogP contribution in [0.5, 0.6) is 0 Å². The van der Waals surface area contributed by atoms with E-state index in [0.29, 0.717) is 5.56 Å². The van der Waals surface area contributed by atoms with Crippen LogP contribution in [0.4, 0.5) is 0 Å². The first-order valence-electron chi connectivity index (χ1n) is 7.69. The molecule has 2 aliphatic carbocycles. The van der Waals surface area contributed by atoms with E-state index >= 15 is 0 Å². The topological polar surface area (TPSA) is 62.2 Å². The first-order valence-corrected chi connectivity index (χ1v) is 7.69. The minimum atomic E-state index is -0.187. The van der Waals surface area contributed by atoms with E-state index in [1.54, 1.807) is 6.20 Å². The van der Waals surface area contributed by atoms with Gasteiger partial charge in [0.2, 0.25) is 0 Å². The second-order valence-corrected chi connectivity index (χ2v) is 6.02. The van der Waals surface area contributed by atoms with Gasteiger partial charge < -0.3 is 10.4 Å². The number of aliphatic hydroxyl groups is 1. The molecule has 0 unspecified atom stereocenters. The van der Waals surface area contributed by atoms with Gasteiger partial charge in [-0.15, -0.1) is 0 Å². The number of carbonyl (C=O) groups is 1. The smallest absolute Gasteiger partial charge is 0.253 e. The number of rotatable bonds is 2. The number of hydrogen-bond acceptors (Lipinski definition) is 3. The highest BCUT2D eigenvalue weighted by Crippen LogP contribution is 2.21. The molecule has 0 bridgehead atoms. The number of nitrogens with zero attached hydrogens (tertiary/aromatic N) is 1. The van der Waals surface area contributed by atoms with Crippen molar-refractivity contribution in [3.05, 3.63) is 29.1 Å². The number of amides is 1. The van der Waals surface area contributed by atoms with Gasteiger partial charge in [-0.2, -0.15) is 0 Å². The molecule has 4 nitrogen and oxygen atoms in total. The minimum absolute atomic E-state index is 0.0211. The first kappa shape index (κ1) is 13.6. The van der Waals surface area contributed by atoms with E-state index in [-0.39, 0.29) is 18.1 Å². The van der Waals surface area contributed by atoms with Crippen molar-refractivity contribution in [3.63, 3.8) is 0 Å². The fourth-order valence-corrected chi connectivity index (χ4v) is 3.20. The molecule has 0 atom stereocenters. The quantitative estimate of drug-likeness (QED) is 0.867. The molecule has 108 valence electrons. The molecule has 20 heavy (non-hydrogen) atoms. The molecule has 0 aliphatic heterocycles. The largest absolute Gasteiger partial charge is 0.393 e. The molecular weight excluding hydrogens is 252 g/mol. The first-order chi connectivity index (χ1) is 9.72. The maximum Gasteiger partial charge on any atom is 0.253 e. The average Bonchev–Trinajstić information content (AvgIpc) is 2.49. The van der Waals surface area contributed by atoms with E-state index in [2.05, 4.69) is 10.3 Å². The van der Waals surface area contributed by atoms with Gasteiger partial charge in [-0.3, -0.25) is 9.78 Å². The lowest BCUT2D eigenvalue weighted by molar-refractivity contribution is 0.0867. The SMILES string of the molecule is O=C(NC1CCC(O)CC1)c1cnc2c(c1)CCCC2. The van der Waals surface area contributed by atoms with E-state index in [9.17, 15) is 9.90 Å². The number of pyridine rings is 1. The number of carbonyl (C=O) groups excluding carboxylic acids is 1. The van der Waals surface area contributed by atoms with Crippen LogP contribution in [0.3, 0.4) is 0 Å². The second-order valence-electron chi connectivity index (χ2n) is 6.02. The Morgan fingerprint density at radius 3 is 2.75 bits per heavy atom. The molecule has 0 spiro atoms. The summed E-state index contributed by atoms with van der Waals surface area (Å²) < 4.78 is 0. The standard InChI is InChI=1S/C16H22N2O2/c19-14-7-5-13(6-8-14)18-16(20)12-9-11-3-1-2-4-15(11)17-10-12/h9-10,13-14,19H,1-8H2,(H,18,20). The fourth-order valence-electron chi connectivity index (χ4n) is 3.20. The van der Waals surface area contributed by atoms with E-state index in [0.717, 1.165) is 44.2 Å². The number of aliphatic hydroxyl groups excluding tert-OH is 1. The Hall–Kier alpha value is -1.42. The molecule has 0 radical (unpaired) electrons.